The number of aromatic nitrogens is 2. The van der Waals surface area contributed by atoms with Crippen molar-refractivity contribution in [2.24, 2.45) is 5.92 Å². The van der Waals surface area contributed by atoms with Gasteiger partial charge in [-0.15, -0.1) is 11.3 Å². The van der Waals surface area contributed by atoms with Gasteiger partial charge in [-0.3, -0.25) is 4.72 Å². The zero-order chi connectivity index (χ0) is 26.2. The molecule has 1 aliphatic carbocycles. The number of nitrogens with one attached hydrogen (secondary N) is 2. The van der Waals surface area contributed by atoms with Crippen molar-refractivity contribution in [3.05, 3.63) is 70.1 Å². The highest BCUT2D eigenvalue weighted by Crippen LogP contribution is 2.42. The zero-order valence-corrected chi connectivity index (χ0v) is 22.5. The number of sulfonamides is 1. The molecule has 1 aliphatic rings. The highest BCUT2D eigenvalue weighted by molar-refractivity contribution is 7.92. The fourth-order valence-electron chi connectivity index (χ4n) is 4.43. The predicted octanol–water partition coefficient (Wildman–Crippen LogP) is 5.85. The van der Waals surface area contributed by atoms with E-state index >= 15 is 0 Å². The highest BCUT2D eigenvalue weighted by atomic mass is 32.2. The molecule has 2 aromatic heterocycles. The summed E-state index contributed by atoms with van der Waals surface area (Å²) in [4.78, 5) is 23.5. The Morgan fingerprint density at radius 3 is 2.43 bits per heavy atom. The van der Waals surface area contributed by atoms with E-state index in [2.05, 4.69) is 26.9 Å². The standard InChI is InChI=1S/C27H28N4O4S2/c1-4-35-27(32)23-19-14-11-17(3)15-22(19)36-26(23)30-24-25(29-21-8-6-5-7-20(21)28-24)31-37(33,34)18-12-9-16(2)10-13-18/h5-10,12-13,17H,4,11,14-15H2,1-3H3,(H,28,30)(H,29,31)/t17-/m0/s1. The fourth-order valence-corrected chi connectivity index (χ4v) is 6.83. The minimum absolute atomic E-state index is 0.0498. The summed E-state index contributed by atoms with van der Waals surface area (Å²) in [5.41, 5.74) is 3.58. The van der Waals surface area contributed by atoms with E-state index < -0.39 is 16.0 Å². The lowest BCUT2D eigenvalue weighted by molar-refractivity contribution is 0.0526. The third-order valence-corrected chi connectivity index (χ3v) is 8.88. The Morgan fingerprint density at radius 1 is 1.08 bits per heavy atom. The summed E-state index contributed by atoms with van der Waals surface area (Å²) in [6.45, 7) is 6.13. The van der Waals surface area contributed by atoms with Crippen LogP contribution in [0.2, 0.25) is 0 Å². The molecule has 2 N–H and O–H groups in total. The van der Waals surface area contributed by atoms with Crippen LogP contribution in [0.3, 0.4) is 0 Å². The molecule has 0 unspecified atom stereocenters. The molecule has 192 valence electrons. The first-order chi connectivity index (χ1) is 17.7. The molecule has 0 fully saturated rings. The molecule has 10 heteroatoms. The maximum atomic E-state index is 13.2. The van der Waals surface area contributed by atoms with E-state index in [4.69, 9.17) is 4.74 Å². The molecule has 0 spiro atoms. The molecular formula is C27H28N4O4S2. The van der Waals surface area contributed by atoms with E-state index in [0.717, 1.165) is 35.3 Å². The minimum Gasteiger partial charge on any atom is -0.462 e. The van der Waals surface area contributed by atoms with Crippen LogP contribution in [0, 0.1) is 12.8 Å². The molecule has 8 nitrogen and oxygen atoms in total. The summed E-state index contributed by atoms with van der Waals surface area (Å²) in [6, 6.07) is 13.8. The number of esters is 1. The topological polar surface area (TPSA) is 110 Å². The van der Waals surface area contributed by atoms with Crippen LogP contribution in [0.1, 0.15) is 46.6 Å². The first kappa shape index (κ1) is 25.2. The van der Waals surface area contributed by atoms with Crippen molar-refractivity contribution in [3.8, 4) is 0 Å². The second-order valence-corrected chi connectivity index (χ2v) is 12.0. The van der Waals surface area contributed by atoms with Gasteiger partial charge in [-0.2, -0.15) is 0 Å². The van der Waals surface area contributed by atoms with Gasteiger partial charge in [0.2, 0.25) is 0 Å². The molecule has 37 heavy (non-hydrogen) atoms. The molecule has 0 saturated heterocycles. The monoisotopic (exact) mass is 536 g/mol. The largest absolute Gasteiger partial charge is 0.462 e. The number of ether oxygens (including phenoxy) is 1. The molecule has 0 aliphatic heterocycles. The van der Waals surface area contributed by atoms with Gasteiger partial charge in [0.05, 0.1) is 28.1 Å². The molecule has 0 bridgehead atoms. The van der Waals surface area contributed by atoms with E-state index in [9.17, 15) is 13.2 Å². The Hall–Kier alpha value is -3.50. The van der Waals surface area contributed by atoms with Crippen LogP contribution in [-0.4, -0.2) is 31.0 Å². The number of rotatable bonds is 7. The van der Waals surface area contributed by atoms with Crippen molar-refractivity contribution in [2.75, 3.05) is 16.6 Å². The summed E-state index contributed by atoms with van der Waals surface area (Å²) in [5, 5.41) is 3.83. The lowest BCUT2D eigenvalue weighted by atomic mass is 9.88. The van der Waals surface area contributed by atoms with Crippen LogP contribution in [0.25, 0.3) is 11.0 Å². The van der Waals surface area contributed by atoms with Crippen molar-refractivity contribution in [2.45, 2.75) is 44.9 Å². The van der Waals surface area contributed by atoms with Crippen LogP contribution in [0.4, 0.5) is 16.6 Å². The van der Waals surface area contributed by atoms with Crippen molar-refractivity contribution in [1.29, 1.82) is 0 Å². The maximum absolute atomic E-state index is 13.2. The zero-order valence-electron chi connectivity index (χ0n) is 20.9. The Labute approximate surface area is 220 Å². The van der Waals surface area contributed by atoms with Gasteiger partial charge < -0.3 is 10.1 Å². The third kappa shape index (κ3) is 5.17. The average Bonchev–Trinajstić information content (AvgIpc) is 3.21. The van der Waals surface area contributed by atoms with Gasteiger partial charge in [-0.1, -0.05) is 36.8 Å². The van der Waals surface area contributed by atoms with E-state index in [1.165, 1.54) is 11.3 Å². The fraction of sp³-hybridized carbons (Fsp3) is 0.296. The molecule has 0 radical (unpaired) electrons. The Kier molecular flexibility index (Phi) is 6.87. The highest BCUT2D eigenvalue weighted by Gasteiger charge is 2.29. The van der Waals surface area contributed by atoms with Crippen molar-refractivity contribution in [3.63, 3.8) is 0 Å². The van der Waals surface area contributed by atoms with Crippen LogP contribution < -0.4 is 10.0 Å². The van der Waals surface area contributed by atoms with Gasteiger partial charge in [0.15, 0.2) is 11.6 Å². The molecule has 2 heterocycles. The van der Waals surface area contributed by atoms with Crippen LogP contribution in [0.5, 0.6) is 0 Å². The molecule has 0 amide bonds. The summed E-state index contributed by atoms with van der Waals surface area (Å²) >= 11 is 1.49. The summed E-state index contributed by atoms with van der Waals surface area (Å²) < 4.78 is 34.5. The third-order valence-electron chi connectivity index (χ3n) is 6.36. The molecule has 2 aromatic carbocycles. The van der Waals surface area contributed by atoms with E-state index in [1.807, 2.05) is 19.1 Å². The predicted molar refractivity (Wildman–Crippen MR) is 146 cm³/mol. The molecule has 1 atom stereocenters. The number of carbonyl (C=O) groups is 1. The van der Waals surface area contributed by atoms with Crippen molar-refractivity contribution < 1.29 is 17.9 Å². The lowest BCUT2D eigenvalue weighted by Crippen LogP contribution is -2.16. The number of aryl methyl sites for hydroxylation is 1. The second kappa shape index (κ2) is 10.1. The molecular weight excluding hydrogens is 508 g/mol. The molecule has 5 rings (SSSR count). The van der Waals surface area contributed by atoms with Crippen molar-refractivity contribution >= 4 is 55.0 Å². The van der Waals surface area contributed by atoms with Gasteiger partial charge in [0.25, 0.3) is 10.0 Å². The number of hydrogen-bond acceptors (Lipinski definition) is 8. The Balaban J connectivity index is 1.60. The number of anilines is 3. The van der Waals surface area contributed by atoms with Crippen LogP contribution >= 0.6 is 11.3 Å². The Bertz CT molecular complexity index is 1580. The lowest BCUT2D eigenvalue weighted by Gasteiger charge is -2.18. The minimum atomic E-state index is -3.94. The summed E-state index contributed by atoms with van der Waals surface area (Å²) in [6.07, 6.45) is 2.66. The van der Waals surface area contributed by atoms with Gasteiger partial charge in [0.1, 0.15) is 5.00 Å². The Morgan fingerprint density at radius 2 is 1.76 bits per heavy atom. The number of hydrogen-bond donors (Lipinski definition) is 2. The average molecular weight is 537 g/mol. The van der Waals surface area contributed by atoms with E-state index in [1.54, 1.807) is 43.3 Å². The second-order valence-electron chi connectivity index (χ2n) is 9.23. The molecule has 4 aromatic rings. The van der Waals surface area contributed by atoms with Gasteiger partial charge in [-0.25, -0.2) is 23.2 Å². The van der Waals surface area contributed by atoms with E-state index in [-0.39, 0.29) is 23.1 Å². The van der Waals surface area contributed by atoms with Gasteiger partial charge in [0, 0.05) is 4.88 Å². The number of nitrogens with zero attached hydrogens (tertiary/aromatic N) is 2. The van der Waals surface area contributed by atoms with Crippen molar-refractivity contribution in [1.82, 2.24) is 9.97 Å². The van der Waals surface area contributed by atoms with Crippen LogP contribution in [0.15, 0.2) is 53.4 Å². The summed E-state index contributed by atoms with van der Waals surface area (Å²) in [5.74, 6) is 0.388. The van der Waals surface area contributed by atoms with E-state index in [0.29, 0.717) is 27.5 Å². The number of thiophene rings is 1. The molecule has 0 saturated carbocycles. The smallest absolute Gasteiger partial charge is 0.341 e. The number of benzene rings is 2. The summed E-state index contributed by atoms with van der Waals surface area (Å²) in [7, 11) is -3.94. The SMILES string of the molecule is CCOC(=O)c1c(Nc2nc3ccccc3nc2NS(=O)(=O)c2ccc(C)cc2)sc2c1CC[C@H](C)C2. The van der Waals surface area contributed by atoms with Gasteiger partial charge >= 0.3 is 5.97 Å². The number of para-hydroxylation sites is 2. The van der Waals surface area contributed by atoms with Gasteiger partial charge in [-0.05, 0) is 68.9 Å². The first-order valence-electron chi connectivity index (χ1n) is 12.2. The first-order valence-corrected chi connectivity index (χ1v) is 14.5. The maximum Gasteiger partial charge on any atom is 0.341 e. The normalized spacial score (nSPS) is 15.3. The number of fused-ring (bicyclic) bond motifs is 2. The van der Waals surface area contributed by atoms with Crippen LogP contribution in [-0.2, 0) is 27.6 Å². The quantitative estimate of drug-likeness (QED) is 0.285. The number of carbonyl (C=O) groups excluding carboxylic acids is 1.